The summed E-state index contributed by atoms with van der Waals surface area (Å²) in [4.78, 5) is 15.5. The Kier molecular flexibility index (Phi) is 3.81. The lowest BCUT2D eigenvalue weighted by atomic mass is 10.0. The van der Waals surface area contributed by atoms with Crippen molar-refractivity contribution >= 4 is 17.2 Å². The number of amides is 1. The van der Waals surface area contributed by atoms with Crippen molar-refractivity contribution in [3.8, 4) is 0 Å². The molecule has 1 aromatic heterocycles. The first-order valence-corrected chi connectivity index (χ1v) is 7.76. The molecule has 0 spiro atoms. The highest BCUT2D eigenvalue weighted by Crippen LogP contribution is 2.33. The fourth-order valence-electron chi connectivity index (χ4n) is 2.88. The van der Waals surface area contributed by atoms with Gasteiger partial charge in [0.25, 0.3) is 0 Å². The molecule has 1 aromatic rings. The van der Waals surface area contributed by atoms with E-state index in [2.05, 4.69) is 11.4 Å². The van der Waals surface area contributed by atoms with Crippen molar-refractivity contribution in [2.75, 3.05) is 26.9 Å². The number of nitrogens with zero attached hydrogens (tertiary/aromatic N) is 1. The Morgan fingerprint density at radius 2 is 2.50 bits per heavy atom. The Hall–Kier alpha value is -0.950. The lowest BCUT2D eigenvalue weighted by molar-refractivity contribution is -0.134. The molecule has 3 heterocycles. The second-order valence-corrected chi connectivity index (χ2v) is 6.44. The molecule has 0 radical (unpaired) electrons. The molecule has 110 valence electrons. The van der Waals surface area contributed by atoms with Gasteiger partial charge in [-0.2, -0.15) is 0 Å². The molecule has 2 saturated heterocycles. The highest BCUT2D eigenvalue weighted by atomic mass is 32.1. The Balaban J connectivity index is 1.83. The van der Waals surface area contributed by atoms with Gasteiger partial charge in [-0.15, -0.1) is 11.3 Å². The molecule has 3 rings (SSSR count). The van der Waals surface area contributed by atoms with E-state index in [1.165, 1.54) is 0 Å². The van der Waals surface area contributed by atoms with Crippen LogP contribution in [0.5, 0.6) is 0 Å². The number of carbonyl (C=O) groups is 1. The summed E-state index contributed by atoms with van der Waals surface area (Å²) < 4.78 is 11.1. The van der Waals surface area contributed by atoms with Crippen molar-refractivity contribution in [3.05, 3.63) is 22.4 Å². The summed E-state index contributed by atoms with van der Waals surface area (Å²) >= 11 is 1.66. The average Bonchev–Trinajstić information content (AvgIpc) is 3.17. The molecule has 1 amide bonds. The van der Waals surface area contributed by atoms with Gasteiger partial charge in [0.2, 0.25) is 5.91 Å². The summed E-state index contributed by atoms with van der Waals surface area (Å²) in [7, 11) is 1.70. The molecular formula is C14H20N2O3S. The van der Waals surface area contributed by atoms with E-state index in [0.29, 0.717) is 19.8 Å². The molecule has 6 heteroatoms. The van der Waals surface area contributed by atoms with E-state index in [9.17, 15) is 4.79 Å². The molecule has 3 unspecified atom stereocenters. The zero-order valence-electron chi connectivity index (χ0n) is 11.8. The van der Waals surface area contributed by atoms with E-state index >= 15 is 0 Å². The van der Waals surface area contributed by atoms with E-state index < -0.39 is 0 Å². The number of thiophene rings is 1. The average molecular weight is 296 g/mol. The van der Waals surface area contributed by atoms with Gasteiger partial charge in [-0.25, -0.2) is 0 Å². The number of hydrogen-bond donors (Lipinski definition) is 1. The van der Waals surface area contributed by atoms with Crippen LogP contribution >= 0.6 is 11.3 Å². The third-order valence-electron chi connectivity index (χ3n) is 4.14. The molecule has 2 aliphatic heterocycles. The van der Waals surface area contributed by atoms with Crippen LogP contribution in [-0.2, 0) is 14.3 Å². The standard InChI is InChI=1S/C14H20N2O3S/c1-10-13(17)16(8-14(18-2)5-6-19-9-14)12(15-10)11-4-3-7-20-11/h3-4,7,10,12,15H,5-6,8-9H2,1-2H3. The molecule has 0 aliphatic carbocycles. The van der Waals surface area contributed by atoms with Crippen molar-refractivity contribution in [3.63, 3.8) is 0 Å². The van der Waals surface area contributed by atoms with Crippen LogP contribution in [0.2, 0.25) is 0 Å². The minimum Gasteiger partial charge on any atom is -0.378 e. The lowest BCUT2D eigenvalue weighted by Gasteiger charge is -2.33. The second kappa shape index (κ2) is 5.44. The molecule has 1 N–H and O–H groups in total. The van der Waals surface area contributed by atoms with Gasteiger partial charge in [0.05, 0.1) is 19.2 Å². The van der Waals surface area contributed by atoms with Gasteiger partial charge >= 0.3 is 0 Å². The number of rotatable bonds is 4. The summed E-state index contributed by atoms with van der Waals surface area (Å²) in [6.07, 6.45) is 0.781. The van der Waals surface area contributed by atoms with Gasteiger partial charge in [0, 0.05) is 25.0 Å². The van der Waals surface area contributed by atoms with E-state index in [1.807, 2.05) is 23.3 Å². The van der Waals surface area contributed by atoms with Gasteiger partial charge in [-0.05, 0) is 18.4 Å². The molecule has 5 nitrogen and oxygen atoms in total. The third-order valence-corrected chi connectivity index (χ3v) is 5.07. The van der Waals surface area contributed by atoms with Crippen molar-refractivity contribution in [2.45, 2.75) is 31.2 Å². The molecule has 2 fully saturated rings. The van der Waals surface area contributed by atoms with E-state index in [1.54, 1.807) is 18.4 Å². The maximum Gasteiger partial charge on any atom is 0.241 e. The molecule has 20 heavy (non-hydrogen) atoms. The third kappa shape index (κ3) is 2.37. The Labute approximate surface area is 122 Å². The monoisotopic (exact) mass is 296 g/mol. The molecule has 0 bridgehead atoms. The minimum atomic E-state index is -0.364. The maximum absolute atomic E-state index is 12.4. The van der Waals surface area contributed by atoms with Crippen molar-refractivity contribution in [1.82, 2.24) is 10.2 Å². The van der Waals surface area contributed by atoms with Gasteiger partial charge in [-0.1, -0.05) is 6.07 Å². The van der Waals surface area contributed by atoms with Gasteiger partial charge in [0.15, 0.2) is 0 Å². The van der Waals surface area contributed by atoms with Crippen LogP contribution < -0.4 is 5.32 Å². The zero-order valence-corrected chi connectivity index (χ0v) is 12.6. The smallest absolute Gasteiger partial charge is 0.241 e. The highest BCUT2D eigenvalue weighted by Gasteiger charge is 2.44. The van der Waals surface area contributed by atoms with Crippen LogP contribution in [0, 0.1) is 0 Å². The van der Waals surface area contributed by atoms with E-state index in [-0.39, 0.29) is 23.7 Å². The van der Waals surface area contributed by atoms with Crippen LogP contribution in [-0.4, -0.2) is 49.3 Å². The Bertz CT molecular complexity index is 471. The lowest BCUT2D eigenvalue weighted by Crippen LogP contribution is -2.47. The Morgan fingerprint density at radius 3 is 3.10 bits per heavy atom. The summed E-state index contributed by atoms with van der Waals surface area (Å²) in [6.45, 7) is 3.73. The first kappa shape index (κ1) is 14.0. The second-order valence-electron chi connectivity index (χ2n) is 5.46. The zero-order chi connectivity index (χ0) is 14.2. The largest absolute Gasteiger partial charge is 0.378 e. The normalized spacial score (nSPS) is 34.1. The van der Waals surface area contributed by atoms with Crippen LogP contribution in [0.15, 0.2) is 17.5 Å². The topological polar surface area (TPSA) is 50.8 Å². The molecule has 3 atom stereocenters. The molecule has 0 aromatic carbocycles. The number of methoxy groups -OCH3 is 1. The Morgan fingerprint density at radius 1 is 1.65 bits per heavy atom. The van der Waals surface area contributed by atoms with Gasteiger partial charge in [-0.3, -0.25) is 10.1 Å². The molecule has 0 saturated carbocycles. The van der Waals surface area contributed by atoms with E-state index in [4.69, 9.17) is 9.47 Å². The van der Waals surface area contributed by atoms with Crippen molar-refractivity contribution in [1.29, 1.82) is 0 Å². The summed E-state index contributed by atoms with van der Waals surface area (Å²) in [5.74, 6) is 0.131. The summed E-state index contributed by atoms with van der Waals surface area (Å²) in [5.41, 5.74) is -0.364. The van der Waals surface area contributed by atoms with Crippen LogP contribution in [0.1, 0.15) is 24.4 Å². The molecule has 2 aliphatic rings. The van der Waals surface area contributed by atoms with Crippen LogP contribution in [0.3, 0.4) is 0 Å². The summed E-state index contributed by atoms with van der Waals surface area (Å²) in [5, 5.41) is 5.40. The fourth-order valence-corrected chi connectivity index (χ4v) is 3.67. The quantitative estimate of drug-likeness (QED) is 0.912. The number of carbonyl (C=O) groups excluding carboxylic acids is 1. The minimum absolute atomic E-state index is 0.0508. The number of hydrogen-bond acceptors (Lipinski definition) is 5. The number of nitrogens with one attached hydrogen (secondary N) is 1. The first-order valence-electron chi connectivity index (χ1n) is 6.88. The SMILES string of the molecule is COC1(CN2C(=O)C(C)NC2c2cccs2)CCOC1. The maximum atomic E-state index is 12.4. The van der Waals surface area contributed by atoms with Gasteiger partial charge < -0.3 is 14.4 Å². The van der Waals surface area contributed by atoms with Crippen LogP contribution in [0.25, 0.3) is 0 Å². The van der Waals surface area contributed by atoms with Gasteiger partial charge in [0.1, 0.15) is 11.8 Å². The highest BCUT2D eigenvalue weighted by molar-refractivity contribution is 7.10. The number of ether oxygens (including phenoxy) is 2. The predicted molar refractivity (Wildman–Crippen MR) is 76.5 cm³/mol. The van der Waals surface area contributed by atoms with Crippen molar-refractivity contribution < 1.29 is 14.3 Å². The van der Waals surface area contributed by atoms with Crippen LogP contribution in [0.4, 0.5) is 0 Å². The first-order chi connectivity index (χ1) is 9.65. The van der Waals surface area contributed by atoms with Crippen molar-refractivity contribution in [2.24, 2.45) is 0 Å². The summed E-state index contributed by atoms with van der Waals surface area (Å²) in [6, 6.07) is 3.92. The molecular weight excluding hydrogens is 276 g/mol. The fraction of sp³-hybridized carbons (Fsp3) is 0.643. The predicted octanol–water partition coefficient (Wildman–Crippen LogP) is 1.37. The van der Waals surface area contributed by atoms with E-state index in [0.717, 1.165) is 11.3 Å².